The number of ether oxygens (including phenoxy) is 1. The summed E-state index contributed by atoms with van der Waals surface area (Å²) in [4.78, 5) is 0. The van der Waals surface area contributed by atoms with Gasteiger partial charge in [-0.2, -0.15) is 5.26 Å². The van der Waals surface area contributed by atoms with Gasteiger partial charge in [0.05, 0.1) is 12.7 Å². The van der Waals surface area contributed by atoms with Crippen LogP contribution in [0.5, 0.6) is 5.75 Å². The average molecular weight is 245 g/mol. The van der Waals surface area contributed by atoms with Crippen LogP contribution in [0.15, 0.2) is 42.5 Å². The topological polar surface area (TPSA) is 33.0 Å². The van der Waals surface area contributed by atoms with E-state index >= 15 is 0 Å². The summed E-state index contributed by atoms with van der Waals surface area (Å²) in [7, 11) is 0. The Hall–Kier alpha value is -2.53. The highest BCUT2D eigenvalue weighted by Gasteiger charge is 2.29. The Morgan fingerprint density at radius 2 is 1.89 bits per heavy atom. The normalized spacial score (nSPS) is 16.5. The van der Waals surface area contributed by atoms with Crippen LogP contribution in [0.1, 0.15) is 16.7 Å². The van der Waals surface area contributed by atoms with Crippen molar-refractivity contribution in [2.75, 3.05) is 6.61 Å². The van der Waals surface area contributed by atoms with Gasteiger partial charge in [-0.05, 0) is 28.3 Å². The van der Waals surface area contributed by atoms with E-state index in [1.807, 2.05) is 18.2 Å². The summed E-state index contributed by atoms with van der Waals surface area (Å²) < 4.78 is 5.64. The number of rotatable bonds is 0. The molecule has 1 aliphatic heterocycles. The number of hydrogen-bond acceptors (Lipinski definition) is 2. The fourth-order valence-corrected chi connectivity index (χ4v) is 3.11. The molecule has 0 atom stereocenters. The monoisotopic (exact) mass is 245 g/mol. The van der Waals surface area contributed by atoms with E-state index in [2.05, 4.69) is 24.3 Å². The summed E-state index contributed by atoms with van der Waals surface area (Å²) >= 11 is 0. The van der Waals surface area contributed by atoms with Crippen molar-refractivity contribution >= 4 is 5.57 Å². The van der Waals surface area contributed by atoms with Gasteiger partial charge in [0.15, 0.2) is 0 Å². The lowest BCUT2D eigenvalue weighted by Gasteiger charge is -2.06. The average Bonchev–Trinajstić information content (AvgIpc) is 3.02. The number of nitriles is 1. The number of fused-ring (bicyclic) bond motifs is 5. The minimum Gasteiger partial charge on any atom is -0.493 e. The molecule has 0 amide bonds. The molecule has 0 radical (unpaired) electrons. The molecule has 0 bridgehead atoms. The lowest BCUT2D eigenvalue weighted by molar-refractivity contribution is 0.357. The van der Waals surface area contributed by atoms with E-state index in [0.717, 1.165) is 29.9 Å². The van der Waals surface area contributed by atoms with E-state index < -0.39 is 0 Å². The van der Waals surface area contributed by atoms with E-state index in [0.29, 0.717) is 0 Å². The lowest BCUT2D eigenvalue weighted by Crippen LogP contribution is -1.89. The van der Waals surface area contributed by atoms with E-state index in [9.17, 15) is 0 Å². The molecule has 90 valence electrons. The molecule has 1 heterocycles. The Morgan fingerprint density at radius 1 is 1.05 bits per heavy atom. The Labute approximate surface area is 111 Å². The minimum absolute atomic E-state index is 0.738. The van der Waals surface area contributed by atoms with Gasteiger partial charge in [-0.15, -0.1) is 0 Å². The van der Waals surface area contributed by atoms with E-state index in [1.54, 1.807) is 6.08 Å². The van der Waals surface area contributed by atoms with Gasteiger partial charge in [-0.25, -0.2) is 0 Å². The molecule has 2 aromatic rings. The van der Waals surface area contributed by atoms with Crippen molar-refractivity contribution in [2.24, 2.45) is 0 Å². The molecule has 2 nitrogen and oxygen atoms in total. The smallest absolute Gasteiger partial charge is 0.123 e. The van der Waals surface area contributed by atoms with Gasteiger partial charge in [0, 0.05) is 23.6 Å². The van der Waals surface area contributed by atoms with Crippen molar-refractivity contribution in [3.63, 3.8) is 0 Å². The first kappa shape index (κ1) is 10.4. The third-order valence-electron chi connectivity index (χ3n) is 3.87. The van der Waals surface area contributed by atoms with Crippen molar-refractivity contribution < 1.29 is 4.74 Å². The summed E-state index contributed by atoms with van der Waals surface area (Å²) in [5.74, 6) is 0.968. The second-order valence-electron chi connectivity index (χ2n) is 4.80. The van der Waals surface area contributed by atoms with Gasteiger partial charge in [-0.3, -0.25) is 0 Å². The van der Waals surface area contributed by atoms with Gasteiger partial charge in [0.25, 0.3) is 0 Å². The number of benzene rings is 2. The highest BCUT2D eigenvalue weighted by Crippen LogP contribution is 2.48. The van der Waals surface area contributed by atoms with Crippen LogP contribution in [0.3, 0.4) is 0 Å². The summed E-state index contributed by atoms with van der Waals surface area (Å²) in [6, 6.07) is 14.6. The summed E-state index contributed by atoms with van der Waals surface area (Å²) in [6.07, 6.45) is 2.58. The third-order valence-corrected chi connectivity index (χ3v) is 3.87. The van der Waals surface area contributed by atoms with Crippen LogP contribution in [0.25, 0.3) is 16.7 Å². The summed E-state index contributed by atoms with van der Waals surface area (Å²) in [5.41, 5.74) is 7.07. The molecule has 0 saturated heterocycles. The summed E-state index contributed by atoms with van der Waals surface area (Å²) in [5, 5.41) is 9.07. The maximum atomic E-state index is 9.07. The Bertz CT molecular complexity index is 765. The van der Waals surface area contributed by atoms with Gasteiger partial charge in [-0.1, -0.05) is 30.3 Å². The Kier molecular flexibility index (Phi) is 2.04. The summed E-state index contributed by atoms with van der Waals surface area (Å²) in [6.45, 7) is 0.738. The molecule has 0 fully saturated rings. The Morgan fingerprint density at radius 3 is 2.74 bits per heavy atom. The number of allylic oxidation sites excluding steroid dienone is 1. The van der Waals surface area contributed by atoms with Crippen molar-refractivity contribution in [1.82, 2.24) is 0 Å². The molecule has 0 aromatic heterocycles. The van der Waals surface area contributed by atoms with Gasteiger partial charge in [0.2, 0.25) is 0 Å². The minimum atomic E-state index is 0.738. The fraction of sp³-hybridized carbons (Fsp3) is 0.118. The first-order valence-electron chi connectivity index (χ1n) is 6.39. The van der Waals surface area contributed by atoms with Crippen LogP contribution in [0, 0.1) is 11.3 Å². The molecule has 4 rings (SSSR count). The molecule has 2 aromatic carbocycles. The largest absolute Gasteiger partial charge is 0.493 e. The first-order valence-corrected chi connectivity index (χ1v) is 6.39. The molecular weight excluding hydrogens is 234 g/mol. The maximum Gasteiger partial charge on any atom is 0.123 e. The van der Waals surface area contributed by atoms with E-state index in [4.69, 9.17) is 10.00 Å². The van der Waals surface area contributed by atoms with Crippen LogP contribution in [0.4, 0.5) is 0 Å². The van der Waals surface area contributed by atoms with Crippen molar-refractivity contribution in [2.45, 2.75) is 6.42 Å². The highest BCUT2D eigenvalue weighted by atomic mass is 16.5. The van der Waals surface area contributed by atoms with Gasteiger partial charge >= 0.3 is 0 Å². The lowest BCUT2D eigenvalue weighted by atomic mass is 9.96. The molecule has 0 N–H and O–H groups in total. The quantitative estimate of drug-likeness (QED) is 0.567. The fourth-order valence-electron chi connectivity index (χ4n) is 3.11. The molecule has 0 saturated carbocycles. The highest BCUT2D eigenvalue weighted by molar-refractivity contribution is 6.03. The van der Waals surface area contributed by atoms with Crippen LogP contribution < -0.4 is 4.74 Å². The van der Waals surface area contributed by atoms with Crippen LogP contribution in [-0.2, 0) is 6.42 Å². The molecule has 2 heteroatoms. The SMILES string of the molecule is N#CC=C1c2ccccc2-c2ccc3c(c21)CCO3. The number of hydrogen-bond donors (Lipinski definition) is 0. The van der Waals surface area contributed by atoms with Gasteiger partial charge in [0.1, 0.15) is 5.75 Å². The molecule has 2 aliphatic rings. The number of nitrogens with zero attached hydrogens (tertiary/aromatic N) is 1. The predicted octanol–water partition coefficient (Wildman–Crippen LogP) is 3.56. The molecule has 0 spiro atoms. The molecule has 19 heavy (non-hydrogen) atoms. The predicted molar refractivity (Wildman–Crippen MR) is 73.8 cm³/mol. The van der Waals surface area contributed by atoms with E-state index in [-0.39, 0.29) is 0 Å². The zero-order valence-corrected chi connectivity index (χ0v) is 10.3. The second kappa shape index (κ2) is 3.73. The van der Waals surface area contributed by atoms with E-state index in [1.165, 1.54) is 22.3 Å². The zero-order valence-electron chi connectivity index (χ0n) is 10.3. The standard InChI is InChI=1S/C17H11NO/c18-9-7-14-12-4-2-1-3-11(12)13-5-6-16-15(17(13)14)8-10-19-16/h1-7H,8,10H2. The molecule has 0 unspecified atom stereocenters. The van der Waals surface area contributed by atoms with Crippen LogP contribution in [0.2, 0.25) is 0 Å². The maximum absolute atomic E-state index is 9.07. The van der Waals surface area contributed by atoms with Crippen LogP contribution in [-0.4, -0.2) is 6.61 Å². The van der Waals surface area contributed by atoms with Crippen molar-refractivity contribution in [3.05, 3.63) is 59.2 Å². The molecule has 1 aliphatic carbocycles. The van der Waals surface area contributed by atoms with Crippen molar-refractivity contribution in [3.8, 4) is 22.9 Å². The molecular formula is C17H11NO. The van der Waals surface area contributed by atoms with Gasteiger partial charge < -0.3 is 4.74 Å². The third kappa shape index (κ3) is 1.30. The first-order chi connectivity index (χ1) is 9.40. The zero-order chi connectivity index (χ0) is 12.8. The Balaban J connectivity index is 2.11. The van der Waals surface area contributed by atoms with Crippen molar-refractivity contribution in [1.29, 1.82) is 5.26 Å². The second-order valence-corrected chi connectivity index (χ2v) is 4.80. The van der Waals surface area contributed by atoms with Crippen LogP contribution >= 0.6 is 0 Å².